The van der Waals surface area contributed by atoms with E-state index in [2.05, 4.69) is 38.2 Å². The normalized spacial score (nSPS) is 17.3. The summed E-state index contributed by atoms with van der Waals surface area (Å²) in [6.07, 6.45) is 2.72. The molecule has 0 spiro atoms. The van der Waals surface area contributed by atoms with Crippen molar-refractivity contribution >= 4 is 15.9 Å². The molecule has 1 fully saturated rings. The minimum Gasteiger partial charge on any atom is -0.492 e. The van der Waals surface area contributed by atoms with Gasteiger partial charge in [0.2, 0.25) is 15.9 Å². The molecule has 7 heteroatoms. The zero-order valence-corrected chi connectivity index (χ0v) is 21.4. The van der Waals surface area contributed by atoms with Gasteiger partial charge >= 0.3 is 0 Å². The number of carbonyl (C=O) groups excluding carboxylic acids is 1. The minimum absolute atomic E-state index is 0.0930. The van der Waals surface area contributed by atoms with Crippen LogP contribution in [0.15, 0.2) is 54.6 Å². The number of nitrogens with one attached hydrogen (secondary N) is 1. The second-order valence-corrected chi connectivity index (χ2v) is 12.1. The van der Waals surface area contributed by atoms with Crippen molar-refractivity contribution in [3.8, 4) is 5.75 Å². The quantitative estimate of drug-likeness (QED) is 0.512. The Morgan fingerprint density at radius 2 is 1.79 bits per heavy atom. The molecule has 1 saturated heterocycles. The van der Waals surface area contributed by atoms with Gasteiger partial charge in [-0.3, -0.25) is 4.79 Å². The number of hydrogen-bond donors (Lipinski definition) is 1. The molecule has 1 aliphatic heterocycles. The van der Waals surface area contributed by atoms with Gasteiger partial charge in [0.15, 0.2) is 0 Å². The monoisotopic (exact) mass is 486 g/mol. The molecule has 1 unspecified atom stereocenters. The molecular formula is C27H38N2O4S. The molecule has 0 aromatic heterocycles. The van der Waals surface area contributed by atoms with Gasteiger partial charge in [-0.15, -0.1) is 0 Å². The summed E-state index contributed by atoms with van der Waals surface area (Å²) in [5.74, 6) is 0.463. The van der Waals surface area contributed by atoms with Crippen molar-refractivity contribution in [3.63, 3.8) is 0 Å². The highest BCUT2D eigenvalue weighted by Gasteiger charge is 2.31. The van der Waals surface area contributed by atoms with E-state index in [0.717, 1.165) is 17.7 Å². The first-order chi connectivity index (χ1) is 16.1. The lowest BCUT2D eigenvalue weighted by atomic mass is 9.87. The van der Waals surface area contributed by atoms with Crippen LogP contribution in [0.1, 0.15) is 51.2 Å². The van der Waals surface area contributed by atoms with Gasteiger partial charge in [0, 0.05) is 13.1 Å². The second-order valence-electron chi connectivity index (χ2n) is 10.0. The highest BCUT2D eigenvalue weighted by Crippen LogP contribution is 2.24. The summed E-state index contributed by atoms with van der Waals surface area (Å²) in [5, 5.41) is 2.91. The Balaban J connectivity index is 1.40. The lowest BCUT2D eigenvalue weighted by Gasteiger charge is -2.31. The summed E-state index contributed by atoms with van der Waals surface area (Å²) in [6.45, 7) is 8.01. The fourth-order valence-corrected chi connectivity index (χ4v) is 5.76. The lowest BCUT2D eigenvalue weighted by molar-refractivity contribution is -0.126. The molecule has 1 amide bonds. The second kappa shape index (κ2) is 11.8. The highest BCUT2D eigenvalue weighted by molar-refractivity contribution is 7.89. The van der Waals surface area contributed by atoms with Crippen molar-refractivity contribution in [3.05, 3.63) is 65.7 Å². The highest BCUT2D eigenvalue weighted by atomic mass is 32.2. The van der Waals surface area contributed by atoms with E-state index in [4.69, 9.17) is 4.74 Å². The molecule has 1 aliphatic rings. The molecule has 1 atom stereocenters. The van der Waals surface area contributed by atoms with Crippen LogP contribution >= 0.6 is 0 Å². The van der Waals surface area contributed by atoms with E-state index in [1.165, 1.54) is 9.87 Å². The Labute approximate surface area is 204 Å². The van der Waals surface area contributed by atoms with Gasteiger partial charge in [-0.05, 0) is 54.4 Å². The van der Waals surface area contributed by atoms with Crippen LogP contribution in [0.2, 0.25) is 0 Å². The number of rotatable bonds is 10. The molecule has 186 valence electrons. The third kappa shape index (κ3) is 7.84. The van der Waals surface area contributed by atoms with Gasteiger partial charge in [0.05, 0.1) is 18.2 Å². The van der Waals surface area contributed by atoms with Gasteiger partial charge in [-0.2, -0.15) is 0 Å². The predicted octanol–water partition coefficient (Wildman–Crippen LogP) is 4.15. The van der Waals surface area contributed by atoms with E-state index in [1.807, 2.05) is 42.5 Å². The van der Waals surface area contributed by atoms with Crippen LogP contribution in [0.4, 0.5) is 0 Å². The fraction of sp³-hybridized carbons (Fsp3) is 0.519. The van der Waals surface area contributed by atoms with Crippen molar-refractivity contribution in [2.24, 2.45) is 5.92 Å². The zero-order chi connectivity index (χ0) is 24.6. The van der Waals surface area contributed by atoms with Crippen molar-refractivity contribution in [2.45, 2.75) is 51.9 Å². The molecule has 34 heavy (non-hydrogen) atoms. The van der Waals surface area contributed by atoms with E-state index >= 15 is 0 Å². The van der Waals surface area contributed by atoms with Crippen LogP contribution in [-0.4, -0.2) is 50.6 Å². The van der Waals surface area contributed by atoms with Crippen LogP contribution in [-0.2, 0) is 26.7 Å². The largest absolute Gasteiger partial charge is 0.492 e. The molecule has 6 nitrogen and oxygen atoms in total. The van der Waals surface area contributed by atoms with Crippen LogP contribution in [0.5, 0.6) is 5.75 Å². The Morgan fingerprint density at radius 3 is 2.47 bits per heavy atom. The maximum absolute atomic E-state index is 12.8. The average molecular weight is 487 g/mol. The summed E-state index contributed by atoms with van der Waals surface area (Å²) < 4.78 is 32.9. The Kier molecular flexibility index (Phi) is 9.14. The topological polar surface area (TPSA) is 75.7 Å². The first-order valence-electron chi connectivity index (χ1n) is 12.2. The first kappa shape index (κ1) is 26.2. The number of hydrogen-bond acceptors (Lipinski definition) is 4. The average Bonchev–Trinajstić information content (AvgIpc) is 2.82. The van der Waals surface area contributed by atoms with Crippen molar-refractivity contribution in [2.75, 3.05) is 32.0 Å². The summed E-state index contributed by atoms with van der Waals surface area (Å²) in [7, 11) is -3.37. The summed E-state index contributed by atoms with van der Waals surface area (Å²) in [6, 6.07) is 17.9. The van der Waals surface area contributed by atoms with Crippen molar-refractivity contribution < 1.29 is 17.9 Å². The van der Waals surface area contributed by atoms with Gasteiger partial charge in [0.25, 0.3) is 0 Å². The van der Waals surface area contributed by atoms with Crippen LogP contribution in [0.3, 0.4) is 0 Å². The standard InChI is InChI=1S/C27H38N2O4S/c1-27(2,3)24-13-15-25(16-14-24)33-19-17-28-26(30)23-12-7-18-29(21-23)34(31,32)20-8-11-22-9-5-4-6-10-22/h4-6,9-10,13-16,23H,7-8,11-12,17-21H2,1-3H3,(H,28,30). The third-order valence-corrected chi connectivity index (χ3v) is 8.17. The minimum atomic E-state index is -3.37. The number of benzene rings is 2. The molecule has 3 rings (SSSR count). The number of ether oxygens (including phenoxy) is 1. The number of amides is 1. The first-order valence-corrected chi connectivity index (χ1v) is 13.8. The molecule has 1 heterocycles. The van der Waals surface area contributed by atoms with Crippen molar-refractivity contribution in [1.82, 2.24) is 9.62 Å². The summed E-state index contributed by atoms with van der Waals surface area (Å²) in [4.78, 5) is 12.6. The maximum Gasteiger partial charge on any atom is 0.224 e. The molecule has 0 aliphatic carbocycles. The Hall–Kier alpha value is -2.38. The fourth-order valence-electron chi connectivity index (χ4n) is 4.18. The molecule has 1 N–H and O–H groups in total. The molecule has 2 aromatic carbocycles. The van der Waals surface area contributed by atoms with Gasteiger partial charge in [-0.1, -0.05) is 63.2 Å². The Morgan fingerprint density at radius 1 is 1.09 bits per heavy atom. The molecule has 0 bridgehead atoms. The zero-order valence-electron chi connectivity index (χ0n) is 20.6. The van der Waals surface area contributed by atoms with Gasteiger partial charge in [0.1, 0.15) is 12.4 Å². The smallest absolute Gasteiger partial charge is 0.224 e. The predicted molar refractivity (Wildman–Crippen MR) is 136 cm³/mol. The number of sulfonamides is 1. The maximum atomic E-state index is 12.8. The molecule has 0 radical (unpaired) electrons. The van der Waals surface area contributed by atoms with Crippen molar-refractivity contribution in [1.29, 1.82) is 0 Å². The third-order valence-electron chi connectivity index (χ3n) is 6.25. The van der Waals surface area contributed by atoms with Crippen LogP contribution < -0.4 is 10.1 Å². The lowest BCUT2D eigenvalue weighted by Crippen LogP contribution is -2.46. The van der Waals surface area contributed by atoms with E-state index in [-0.39, 0.29) is 29.5 Å². The van der Waals surface area contributed by atoms with E-state index in [1.54, 1.807) is 0 Å². The summed E-state index contributed by atoms with van der Waals surface area (Å²) >= 11 is 0. The molecular weight excluding hydrogens is 448 g/mol. The van der Waals surface area contributed by atoms with Crippen LogP contribution in [0, 0.1) is 5.92 Å². The summed E-state index contributed by atoms with van der Waals surface area (Å²) in [5.41, 5.74) is 2.47. The number of aryl methyl sites for hydroxylation is 1. The SMILES string of the molecule is CC(C)(C)c1ccc(OCCNC(=O)C2CCCN(S(=O)(=O)CCCc3ccccc3)C2)cc1. The molecule has 2 aromatic rings. The number of nitrogens with zero attached hydrogens (tertiary/aromatic N) is 1. The van der Waals surface area contributed by atoms with E-state index in [9.17, 15) is 13.2 Å². The van der Waals surface area contributed by atoms with E-state index < -0.39 is 10.0 Å². The number of piperidine rings is 1. The van der Waals surface area contributed by atoms with Crippen LogP contribution in [0.25, 0.3) is 0 Å². The molecule has 0 saturated carbocycles. The Bertz CT molecular complexity index is 1010. The van der Waals surface area contributed by atoms with E-state index in [0.29, 0.717) is 39.0 Å². The number of carbonyl (C=O) groups is 1. The van der Waals surface area contributed by atoms with Gasteiger partial charge in [-0.25, -0.2) is 12.7 Å². The van der Waals surface area contributed by atoms with Gasteiger partial charge < -0.3 is 10.1 Å².